The zero-order valence-electron chi connectivity index (χ0n) is 12.2. The summed E-state index contributed by atoms with van der Waals surface area (Å²) < 4.78 is 0. The van der Waals surface area contributed by atoms with E-state index in [1.165, 1.54) is 6.08 Å². The molecule has 0 radical (unpaired) electrons. The minimum Gasteiger partial charge on any atom is -0.352 e. The zero-order valence-corrected chi connectivity index (χ0v) is 12.2. The maximum absolute atomic E-state index is 12.1. The average molecular weight is 284 g/mol. The van der Waals surface area contributed by atoms with Crippen LogP contribution in [0.3, 0.4) is 0 Å². The van der Waals surface area contributed by atoms with Crippen molar-refractivity contribution in [1.82, 2.24) is 5.32 Å². The number of benzene rings is 1. The Hall–Kier alpha value is -2.54. The van der Waals surface area contributed by atoms with Gasteiger partial charge in [0.25, 0.3) is 5.91 Å². The maximum Gasteiger partial charge on any atom is 0.251 e. The molecular formula is C17H20N2O2. The third kappa shape index (κ3) is 5.96. The summed E-state index contributed by atoms with van der Waals surface area (Å²) in [4.78, 5) is 23.4. The van der Waals surface area contributed by atoms with Crippen LogP contribution in [0, 0.1) is 19.3 Å². The van der Waals surface area contributed by atoms with Gasteiger partial charge in [-0.15, -0.1) is 12.3 Å². The summed E-state index contributed by atoms with van der Waals surface area (Å²) >= 11 is 0. The van der Waals surface area contributed by atoms with Crippen LogP contribution in [-0.4, -0.2) is 18.4 Å². The fraction of sp³-hybridized carbons (Fsp3) is 0.294. The van der Waals surface area contributed by atoms with E-state index in [2.05, 4.69) is 23.1 Å². The summed E-state index contributed by atoms with van der Waals surface area (Å²) in [6, 6.07) is 5.22. The fourth-order valence-corrected chi connectivity index (χ4v) is 1.84. The van der Waals surface area contributed by atoms with Crippen molar-refractivity contribution in [3.8, 4) is 12.3 Å². The standard InChI is InChI=1S/C17H20N2O2/c1-4-6-7-8-9-18-17(21)14-10-13(3)11-15(12-14)19-16(20)5-2/h1,5,10-12H,2,6-9H2,3H3,(H,18,21)(H,19,20). The second-order valence-electron chi connectivity index (χ2n) is 4.70. The largest absolute Gasteiger partial charge is 0.352 e. The first-order valence-corrected chi connectivity index (χ1v) is 6.83. The Balaban J connectivity index is 2.65. The Labute approximate surface area is 125 Å². The number of carbonyl (C=O) groups excluding carboxylic acids is 2. The molecule has 0 aromatic heterocycles. The van der Waals surface area contributed by atoms with Crippen LogP contribution in [0.2, 0.25) is 0 Å². The van der Waals surface area contributed by atoms with Crippen LogP contribution in [0.15, 0.2) is 30.9 Å². The van der Waals surface area contributed by atoms with Gasteiger partial charge in [-0.05, 0) is 49.6 Å². The molecular weight excluding hydrogens is 264 g/mol. The zero-order chi connectivity index (χ0) is 15.7. The third-order valence-corrected chi connectivity index (χ3v) is 2.83. The van der Waals surface area contributed by atoms with Crippen molar-refractivity contribution in [3.05, 3.63) is 42.0 Å². The Kier molecular flexibility index (Phi) is 6.76. The summed E-state index contributed by atoms with van der Waals surface area (Å²) in [6.07, 6.45) is 8.82. The summed E-state index contributed by atoms with van der Waals surface area (Å²) in [7, 11) is 0. The number of rotatable bonds is 7. The second kappa shape index (κ2) is 8.60. The van der Waals surface area contributed by atoms with Crippen molar-refractivity contribution < 1.29 is 9.59 Å². The molecule has 4 heteroatoms. The Morgan fingerprint density at radius 2 is 2.10 bits per heavy atom. The highest BCUT2D eigenvalue weighted by atomic mass is 16.2. The van der Waals surface area contributed by atoms with Crippen molar-refractivity contribution >= 4 is 17.5 Å². The van der Waals surface area contributed by atoms with Gasteiger partial charge in [-0.1, -0.05) is 6.58 Å². The van der Waals surface area contributed by atoms with Crippen LogP contribution >= 0.6 is 0 Å². The molecule has 4 nitrogen and oxygen atoms in total. The molecule has 0 unspecified atom stereocenters. The number of nitrogens with one attached hydrogen (secondary N) is 2. The van der Waals surface area contributed by atoms with E-state index in [9.17, 15) is 9.59 Å². The first-order valence-electron chi connectivity index (χ1n) is 6.83. The van der Waals surface area contributed by atoms with Gasteiger partial charge in [0.1, 0.15) is 0 Å². The van der Waals surface area contributed by atoms with Crippen molar-refractivity contribution in [2.24, 2.45) is 0 Å². The number of unbranched alkanes of at least 4 members (excludes halogenated alkanes) is 2. The third-order valence-electron chi connectivity index (χ3n) is 2.83. The van der Waals surface area contributed by atoms with Crippen LogP contribution in [0.5, 0.6) is 0 Å². The summed E-state index contributed by atoms with van der Waals surface area (Å²) in [5, 5.41) is 5.49. The van der Waals surface area contributed by atoms with Gasteiger partial charge in [0.15, 0.2) is 0 Å². The second-order valence-corrected chi connectivity index (χ2v) is 4.70. The van der Waals surface area contributed by atoms with E-state index >= 15 is 0 Å². The molecule has 0 aliphatic carbocycles. The van der Waals surface area contributed by atoms with Gasteiger partial charge in [0.2, 0.25) is 5.91 Å². The lowest BCUT2D eigenvalue weighted by Gasteiger charge is -2.09. The molecule has 0 bridgehead atoms. The highest BCUT2D eigenvalue weighted by Crippen LogP contribution is 2.14. The number of terminal acetylenes is 1. The Bertz CT molecular complexity index is 571. The van der Waals surface area contributed by atoms with Gasteiger partial charge in [-0.2, -0.15) is 0 Å². The molecule has 0 aliphatic rings. The van der Waals surface area contributed by atoms with E-state index in [0.717, 1.165) is 24.8 Å². The normalized spacial score (nSPS) is 9.52. The van der Waals surface area contributed by atoms with Crippen LogP contribution < -0.4 is 10.6 Å². The lowest BCUT2D eigenvalue weighted by atomic mass is 10.1. The Morgan fingerprint density at radius 1 is 1.33 bits per heavy atom. The van der Waals surface area contributed by atoms with E-state index in [0.29, 0.717) is 17.8 Å². The number of carbonyl (C=O) groups is 2. The Morgan fingerprint density at radius 3 is 2.76 bits per heavy atom. The molecule has 21 heavy (non-hydrogen) atoms. The fourth-order valence-electron chi connectivity index (χ4n) is 1.84. The molecule has 2 N–H and O–H groups in total. The predicted octanol–water partition coefficient (Wildman–Crippen LogP) is 2.65. The molecule has 1 aromatic carbocycles. The summed E-state index contributed by atoms with van der Waals surface area (Å²) in [5.41, 5.74) is 2.00. The van der Waals surface area contributed by atoms with Gasteiger partial charge in [0.05, 0.1) is 0 Å². The van der Waals surface area contributed by atoms with E-state index in [1.807, 2.05) is 6.92 Å². The van der Waals surface area contributed by atoms with Gasteiger partial charge in [-0.3, -0.25) is 9.59 Å². The number of hydrogen-bond acceptors (Lipinski definition) is 2. The molecule has 2 amide bonds. The molecule has 0 aliphatic heterocycles. The molecule has 0 spiro atoms. The topological polar surface area (TPSA) is 58.2 Å². The monoisotopic (exact) mass is 284 g/mol. The molecule has 0 saturated carbocycles. The quantitative estimate of drug-likeness (QED) is 0.459. The minimum atomic E-state index is -0.304. The molecule has 0 saturated heterocycles. The summed E-state index contributed by atoms with van der Waals surface area (Å²) in [6.45, 7) is 5.85. The highest BCUT2D eigenvalue weighted by Gasteiger charge is 2.08. The number of anilines is 1. The molecule has 0 atom stereocenters. The minimum absolute atomic E-state index is 0.159. The van der Waals surface area contributed by atoms with Gasteiger partial charge in [0, 0.05) is 24.2 Å². The number of aryl methyl sites for hydroxylation is 1. The van der Waals surface area contributed by atoms with Crippen molar-refractivity contribution in [1.29, 1.82) is 0 Å². The van der Waals surface area contributed by atoms with Crippen LogP contribution in [0.25, 0.3) is 0 Å². The van der Waals surface area contributed by atoms with Crippen LogP contribution in [-0.2, 0) is 4.79 Å². The smallest absolute Gasteiger partial charge is 0.251 e. The molecule has 1 aromatic rings. The lowest BCUT2D eigenvalue weighted by Crippen LogP contribution is -2.24. The first kappa shape index (κ1) is 16.5. The summed E-state index contributed by atoms with van der Waals surface area (Å²) in [5.74, 6) is 2.10. The van der Waals surface area contributed by atoms with Gasteiger partial charge in [-0.25, -0.2) is 0 Å². The lowest BCUT2D eigenvalue weighted by molar-refractivity contribution is -0.111. The maximum atomic E-state index is 12.1. The molecule has 1 rings (SSSR count). The number of hydrogen-bond donors (Lipinski definition) is 2. The van der Waals surface area contributed by atoms with Crippen molar-refractivity contribution in [2.45, 2.75) is 26.2 Å². The van der Waals surface area contributed by atoms with Gasteiger partial charge >= 0.3 is 0 Å². The number of amides is 2. The SMILES string of the molecule is C#CCCCCNC(=O)c1cc(C)cc(NC(=O)C=C)c1. The van der Waals surface area contributed by atoms with E-state index < -0.39 is 0 Å². The van der Waals surface area contributed by atoms with Crippen molar-refractivity contribution in [2.75, 3.05) is 11.9 Å². The van der Waals surface area contributed by atoms with E-state index in [1.54, 1.807) is 18.2 Å². The van der Waals surface area contributed by atoms with Crippen LogP contribution in [0.1, 0.15) is 35.2 Å². The van der Waals surface area contributed by atoms with E-state index in [4.69, 9.17) is 6.42 Å². The highest BCUT2D eigenvalue weighted by molar-refractivity contribution is 6.01. The average Bonchev–Trinajstić information content (AvgIpc) is 2.46. The molecule has 0 fully saturated rings. The van der Waals surface area contributed by atoms with E-state index in [-0.39, 0.29) is 11.8 Å². The predicted molar refractivity (Wildman–Crippen MR) is 85.0 cm³/mol. The van der Waals surface area contributed by atoms with Crippen LogP contribution in [0.4, 0.5) is 5.69 Å². The van der Waals surface area contributed by atoms with Gasteiger partial charge < -0.3 is 10.6 Å². The van der Waals surface area contributed by atoms with Crippen molar-refractivity contribution in [3.63, 3.8) is 0 Å². The first-order chi connectivity index (χ1) is 10.1. The molecule has 0 heterocycles. The molecule has 110 valence electrons.